The van der Waals surface area contributed by atoms with Crippen LogP contribution in [0, 0.1) is 5.82 Å². The highest BCUT2D eigenvalue weighted by atomic mass is 35.5. The lowest BCUT2D eigenvalue weighted by Gasteiger charge is -2.04. The maximum absolute atomic E-state index is 12.9. The van der Waals surface area contributed by atoms with Crippen LogP contribution < -0.4 is 5.32 Å². The highest BCUT2D eigenvalue weighted by Gasteiger charge is 2.05. The summed E-state index contributed by atoms with van der Waals surface area (Å²) < 4.78 is 18.6. The molecule has 1 aromatic carbocycles. The zero-order valence-electron chi connectivity index (χ0n) is 11.0. The fourth-order valence-corrected chi connectivity index (χ4v) is 2.12. The lowest BCUT2D eigenvalue weighted by molar-refractivity contribution is 0.531. The Balaban J connectivity index is 1.69. The van der Waals surface area contributed by atoms with Crippen LogP contribution in [0.25, 0.3) is 11.3 Å². The smallest absolute Gasteiger partial charge is 0.134 e. The average molecular weight is 303 g/mol. The Morgan fingerprint density at radius 2 is 1.90 bits per heavy atom. The molecule has 0 aliphatic carbocycles. The van der Waals surface area contributed by atoms with E-state index in [1.54, 1.807) is 24.4 Å². The minimum absolute atomic E-state index is 0.262. The van der Waals surface area contributed by atoms with E-state index in [1.165, 1.54) is 12.1 Å². The number of rotatable bonds is 4. The molecule has 0 aliphatic rings. The summed E-state index contributed by atoms with van der Waals surface area (Å²) in [7, 11) is 0. The molecule has 0 saturated carbocycles. The summed E-state index contributed by atoms with van der Waals surface area (Å²) in [6, 6.07) is 13.5. The van der Waals surface area contributed by atoms with Gasteiger partial charge < -0.3 is 9.73 Å². The van der Waals surface area contributed by atoms with E-state index in [1.807, 2.05) is 18.2 Å². The number of benzene rings is 1. The van der Waals surface area contributed by atoms with Gasteiger partial charge in [-0.2, -0.15) is 0 Å². The second-order valence-electron chi connectivity index (χ2n) is 4.49. The minimum Gasteiger partial charge on any atom is -0.459 e. The van der Waals surface area contributed by atoms with Crippen molar-refractivity contribution in [2.24, 2.45) is 0 Å². The summed E-state index contributed by atoms with van der Waals surface area (Å²) in [5.74, 6) is 1.23. The Kier molecular flexibility index (Phi) is 3.88. The molecule has 2 heterocycles. The first-order chi connectivity index (χ1) is 10.2. The van der Waals surface area contributed by atoms with E-state index in [0.717, 1.165) is 17.0 Å². The normalized spacial score (nSPS) is 10.6. The molecule has 0 saturated heterocycles. The van der Waals surface area contributed by atoms with E-state index >= 15 is 0 Å². The van der Waals surface area contributed by atoms with Crippen LogP contribution in [0.15, 0.2) is 59.1 Å². The van der Waals surface area contributed by atoms with Gasteiger partial charge in [-0.05, 0) is 48.5 Å². The molecule has 3 aromatic rings. The summed E-state index contributed by atoms with van der Waals surface area (Å²) in [6.45, 7) is 0.529. The number of aromatic nitrogens is 1. The van der Waals surface area contributed by atoms with Gasteiger partial charge in [0.05, 0.1) is 6.54 Å². The maximum Gasteiger partial charge on any atom is 0.134 e. The first kappa shape index (κ1) is 13.6. The molecule has 21 heavy (non-hydrogen) atoms. The van der Waals surface area contributed by atoms with Gasteiger partial charge in [0.1, 0.15) is 22.5 Å². The van der Waals surface area contributed by atoms with Crippen LogP contribution in [0.1, 0.15) is 5.76 Å². The predicted molar refractivity (Wildman–Crippen MR) is 80.7 cm³/mol. The van der Waals surface area contributed by atoms with Crippen LogP contribution in [0.5, 0.6) is 0 Å². The topological polar surface area (TPSA) is 38.1 Å². The SMILES string of the molecule is Fc1ccc(-c2ccc(CNc3ccnc(Cl)c3)o2)cc1. The van der Waals surface area contributed by atoms with Crippen LogP contribution in [-0.2, 0) is 6.54 Å². The second kappa shape index (κ2) is 5.97. The van der Waals surface area contributed by atoms with E-state index in [9.17, 15) is 4.39 Å². The first-order valence-corrected chi connectivity index (χ1v) is 6.78. The maximum atomic E-state index is 12.9. The Hall–Kier alpha value is -2.33. The fourth-order valence-electron chi connectivity index (χ4n) is 1.94. The van der Waals surface area contributed by atoms with Crippen LogP contribution >= 0.6 is 11.6 Å². The zero-order chi connectivity index (χ0) is 14.7. The number of hydrogen-bond acceptors (Lipinski definition) is 3. The molecule has 0 unspecified atom stereocenters. The number of hydrogen-bond donors (Lipinski definition) is 1. The summed E-state index contributed by atoms with van der Waals surface area (Å²) in [6.07, 6.45) is 1.64. The molecule has 106 valence electrons. The van der Waals surface area contributed by atoms with Gasteiger partial charge in [0.2, 0.25) is 0 Å². The number of anilines is 1. The second-order valence-corrected chi connectivity index (χ2v) is 4.88. The zero-order valence-corrected chi connectivity index (χ0v) is 11.8. The van der Waals surface area contributed by atoms with Crippen LogP contribution in [-0.4, -0.2) is 4.98 Å². The third-order valence-electron chi connectivity index (χ3n) is 2.98. The van der Waals surface area contributed by atoms with Gasteiger partial charge in [0.25, 0.3) is 0 Å². The quantitative estimate of drug-likeness (QED) is 0.707. The molecular formula is C16H12ClFN2O. The van der Waals surface area contributed by atoms with Crippen molar-refractivity contribution < 1.29 is 8.81 Å². The van der Waals surface area contributed by atoms with Gasteiger partial charge in [0, 0.05) is 17.4 Å². The van der Waals surface area contributed by atoms with Crippen molar-refractivity contribution in [1.82, 2.24) is 4.98 Å². The van der Waals surface area contributed by atoms with E-state index in [-0.39, 0.29) is 5.82 Å². The summed E-state index contributed by atoms with van der Waals surface area (Å²) in [5.41, 5.74) is 1.71. The number of halogens is 2. The van der Waals surface area contributed by atoms with Crippen molar-refractivity contribution in [3.63, 3.8) is 0 Å². The Labute approximate surface area is 126 Å². The van der Waals surface area contributed by atoms with Gasteiger partial charge >= 0.3 is 0 Å². The minimum atomic E-state index is -0.262. The van der Waals surface area contributed by atoms with Crippen molar-refractivity contribution in [3.8, 4) is 11.3 Å². The van der Waals surface area contributed by atoms with Crippen molar-refractivity contribution in [2.45, 2.75) is 6.54 Å². The third kappa shape index (κ3) is 3.41. The number of pyridine rings is 1. The van der Waals surface area contributed by atoms with Crippen LogP contribution in [0.2, 0.25) is 5.15 Å². The summed E-state index contributed by atoms with van der Waals surface area (Å²) in [5, 5.41) is 3.63. The molecular weight excluding hydrogens is 291 g/mol. The molecule has 3 nitrogen and oxygen atoms in total. The van der Waals surface area contributed by atoms with Crippen LogP contribution in [0.3, 0.4) is 0 Å². The van der Waals surface area contributed by atoms with Crippen molar-refractivity contribution in [3.05, 3.63) is 71.5 Å². The highest BCUT2D eigenvalue weighted by molar-refractivity contribution is 6.29. The number of furan rings is 1. The molecule has 0 spiro atoms. The number of nitrogens with one attached hydrogen (secondary N) is 1. The van der Waals surface area contributed by atoms with Gasteiger partial charge in [-0.3, -0.25) is 0 Å². The van der Waals surface area contributed by atoms with Crippen LogP contribution in [0.4, 0.5) is 10.1 Å². The molecule has 0 fully saturated rings. The molecule has 2 aromatic heterocycles. The van der Waals surface area contributed by atoms with Crippen molar-refractivity contribution >= 4 is 17.3 Å². The van der Waals surface area contributed by atoms with Gasteiger partial charge in [-0.1, -0.05) is 11.6 Å². The largest absolute Gasteiger partial charge is 0.459 e. The fraction of sp³-hybridized carbons (Fsp3) is 0.0625. The Bertz CT molecular complexity index is 740. The van der Waals surface area contributed by atoms with E-state index < -0.39 is 0 Å². The molecule has 0 amide bonds. The molecule has 0 aliphatic heterocycles. The number of nitrogens with zero attached hydrogens (tertiary/aromatic N) is 1. The monoisotopic (exact) mass is 302 g/mol. The molecule has 0 bridgehead atoms. The van der Waals surface area contributed by atoms with Gasteiger partial charge in [0.15, 0.2) is 0 Å². The molecule has 0 atom stereocenters. The predicted octanol–water partition coefficient (Wildman–Crippen LogP) is 4.75. The average Bonchev–Trinajstić information content (AvgIpc) is 2.95. The lowest BCUT2D eigenvalue weighted by Crippen LogP contribution is -1.98. The van der Waals surface area contributed by atoms with Crippen molar-refractivity contribution in [2.75, 3.05) is 5.32 Å². The molecule has 5 heteroatoms. The van der Waals surface area contributed by atoms with Gasteiger partial charge in [-0.25, -0.2) is 9.37 Å². The molecule has 3 rings (SSSR count). The standard InChI is InChI=1S/C16H12ClFN2O/c17-16-9-13(7-8-19-16)20-10-14-5-6-15(21-14)11-1-3-12(18)4-2-11/h1-9H,10H2,(H,19,20). The Morgan fingerprint density at radius 1 is 1.10 bits per heavy atom. The van der Waals surface area contributed by atoms with E-state index in [4.69, 9.17) is 16.0 Å². The van der Waals surface area contributed by atoms with E-state index in [0.29, 0.717) is 17.5 Å². The molecule has 1 N–H and O–H groups in total. The lowest BCUT2D eigenvalue weighted by atomic mass is 10.2. The van der Waals surface area contributed by atoms with Gasteiger partial charge in [-0.15, -0.1) is 0 Å². The first-order valence-electron chi connectivity index (χ1n) is 6.41. The Morgan fingerprint density at radius 3 is 2.67 bits per heavy atom. The van der Waals surface area contributed by atoms with E-state index in [2.05, 4.69) is 10.3 Å². The summed E-state index contributed by atoms with van der Waals surface area (Å²) >= 11 is 5.82. The van der Waals surface area contributed by atoms with Crippen molar-refractivity contribution in [1.29, 1.82) is 0 Å². The highest BCUT2D eigenvalue weighted by Crippen LogP contribution is 2.23. The molecule has 0 radical (unpaired) electrons. The third-order valence-corrected chi connectivity index (χ3v) is 3.19. The summed E-state index contributed by atoms with van der Waals surface area (Å²) in [4.78, 5) is 3.92.